The van der Waals surface area contributed by atoms with Gasteiger partial charge in [-0.1, -0.05) is 19.9 Å². The number of pyridine rings is 1. The highest BCUT2D eigenvalue weighted by atomic mass is 32.2. The molecule has 0 aliphatic rings. The number of thioether (sulfide) groups is 1. The predicted octanol–water partition coefficient (Wildman–Crippen LogP) is 2.17. The number of rotatable bonds is 5. The molecule has 0 spiro atoms. The van der Waals surface area contributed by atoms with Crippen LogP contribution in [0.25, 0.3) is 0 Å². The van der Waals surface area contributed by atoms with Crippen LogP contribution in [0.4, 0.5) is 0 Å². The summed E-state index contributed by atoms with van der Waals surface area (Å²) in [5.41, 5.74) is 0. The molecule has 72 valence electrons. The lowest BCUT2D eigenvalue weighted by Crippen LogP contribution is -2.22. The van der Waals surface area contributed by atoms with E-state index in [0.29, 0.717) is 5.25 Å². The summed E-state index contributed by atoms with van der Waals surface area (Å²) >= 11 is 1.81. The van der Waals surface area contributed by atoms with Gasteiger partial charge in [0.15, 0.2) is 0 Å². The highest BCUT2D eigenvalue weighted by Gasteiger charge is 2.03. The van der Waals surface area contributed by atoms with Crippen molar-refractivity contribution >= 4 is 11.8 Å². The Morgan fingerprint density at radius 3 is 3.00 bits per heavy atom. The smallest absolute Gasteiger partial charge is 0.0962 e. The molecule has 0 amide bonds. The minimum absolute atomic E-state index is 0.579. The molecule has 0 saturated carbocycles. The molecule has 0 saturated heterocycles. The van der Waals surface area contributed by atoms with Gasteiger partial charge in [-0.2, -0.15) is 0 Å². The standard InChI is InChI=1S/C10H16N2S/c1-3-11-8-9(2)13-10-6-4-5-7-12-10/h4-7,9,11H,3,8H2,1-2H3. The second-order valence-electron chi connectivity index (χ2n) is 2.90. The average molecular weight is 196 g/mol. The van der Waals surface area contributed by atoms with Gasteiger partial charge in [0.1, 0.15) is 0 Å². The number of nitrogens with zero attached hydrogens (tertiary/aromatic N) is 1. The monoisotopic (exact) mass is 196 g/mol. The molecule has 0 aliphatic carbocycles. The van der Waals surface area contributed by atoms with Crippen molar-refractivity contribution in [2.45, 2.75) is 24.1 Å². The van der Waals surface area contributed by atoms with Crippen LogP contribution in [0.5, 0.6) is 0 Å². The van der Waals surface area contributed by atoms with E-state index in [9.17, 15) is 0 Å². The Morgan fingerprint density at radius 2 is 2.38 bits per heavy atom. The van der Waals surface area contributed by atoms with E-state index >= 15 is 0 Å². The topological polar surface area (TPSA) is 24.9 Å². The third-order valence-electron chi connectivity index (χ3n) is 1.64. The fourth-order valence-corrected chi connectivity index (χ4v) is 1.90. The lowest BCUT2D eigenvalue weighted by Gasteiger charge is -2.09. The van der Waals surface area contributed by atoms with Gasteiger partial charge in [-0.3, -0.25) is 0 Å². The Labute approximate surface area is 84.1 Å². The van der Waals surface area contributed by atoms with Crippen LogP contribution in [0.1, 0.15) is 13.8 Å². The maximum absolute atomic E-state index is 4.26. The molecule has 1 unspecified atom stereocenters. The largest absolute Gasteiger partial charge is 0.316 e. The highest BCUT2D eigenvalue weighted by molar-refractivity contribution is 7.99. The van der Waals surface area contributed by atoms with E-state index in [1.165, 1.54) is 0 Å². The first-order valence-electron chi connectivity index (χ1n) is 4.61. The van der Waals surface area contributed by atoms with Gasteiger partial charge >= 0.3 is 0 Å². The van der Waals surface area contributed by atoms with E-state index in [0.717, 1.165) is 18.1 Å². The minimum atomic E-state index is 0.579. The maximum atomic E-state index is 4.26. The first-order valence-corrected chi connectivity index (χ1v) is 5.49. The zero-order valence-electron chi connectivity index (χ0n) is 8.16. The molecule has 1 aromatic rings. The van der Waals surface area contributed by atoms with E-state index in [4.69, 9.17) is 0 Å². The van der Waals surface area contributed by atoms with Crippen LogP contribution < -0.4 is 5.32 Å². The molecule has 0 aromatic carbocycles. The average Bonchev–Trinajstić information content (AvgIpc) is 2.16. The zero-order valence-corrected chi connectivity index (χ0v) is 8.97. The minimum Gasteiger partial charge on any atom is -0.316 e. The molecule has 1 heterocycles. The fraction of sp³-hybridized carbons (Fsp3) is 0.500. The van der Waals surface area contributed by atoms with Gasteiger partial charge in [-0.15, -0.1) is 11.8 Å². The third kappa shape index (κ3) is 4.29. The fourth-order valence-electron chi connectivity index (χ4n) is 1.01. The normalized spacial score (nSPS) is 12.8. The number of hydrogen-bond donors (Lipinski definition) is 1. The highest BCUT2D eigenvalue weighted by Crippen LogP contribution is 2.19. The Morgan fingerprint density at radius 1 is 1.54 bits per heavy atom. The van der Waals surface area contributed by atoms with Crippen molar-refractivity contribution in [1.29, 1.82) is 0 Å². The second kappa shape index (κ2) is 6.00. The first-order chi connectivity index (χ1) is 6.33. The van der Waals surface area contributed by atoms with Crippen molar-refractivity contribution in [3.05, 3.63) is 24.4 Å². The van der Waals surface area contributed by atoms with Crippen LogP contribution in [0.15, 0.2) is 29.4 Å². The Hall–Kier alpha value is -0.540. The molecule has 0 fully saturated rings. The van der Waals surface area contributed by atoms with Gasteiger partial charge in [-0.25, -0.2) is 4.98 Å². The van der Waals surface area contributed by atoms with Gasteiger partial charge in [0.2, 0.25) is 0 Å². The zero-order chi connectivity index (χ0) is 9.52. The third-order valence-corrected chi connectivity index (χ3v) is 2.69. The van der Waals surface area contributed by atoms with E-state index < -0.39 is 0 Å². The second-order valence-corrected chi connectivity index (χ2v) is 4.36. The summed E-state index contributed by atoms with van der Waals surface area (Å²) in [6, 6.07) is 6.02. The molecule has 0 bridgehead atoms. The molecule has 1 rings (SSSR count). The van der Waals surface area contributed by atoms with Crippen LogP contribution in [-0.4, -0.2) is 23.3 Å². The molecule has 0 radical (unpaired) electrons. The Kier molecular flexibility index (Phi) is 4.86. The van der Waals surface area contributed by atoms with Crippen LogP contribution in [0, 0.1) is 0 Å². The molecule has 1 aromatic heterocycles. The predicted molar refractivity (Wildman–Crippen MR) is 58.1 cm³/mol. The molecule has 2 nitrogen and oxygen atoms in total. The van der Waals surface area contributed by atoms with Gasteiger partial charge in [0.05, 0.1) is 5.03 Å². The number of aromatic nitrogens is 1. The maximum Gasteiger partial charge on any atom is 0.0962 e. The lowest BCUT2D eigenvalue weighted by atomic mass is 10.5. The molecule has 0 aliphatic heterocycles. The van der Waals surface area contributed by atoms with Gasteiger partial charge in [0, 0.05) is 18.0 Å². The SMILES string of the molecule is CCNCC(C)Sc1ccccn1. The van der Waals surface area contributed by atoms with Crippen molar-refractivity contribution < 1.29 is 0 Å². The summed E-state index contributed by atoms with van der Waals surface area (Å²) in [5, 5.41) is 5.00. The van der Waals surface area contributed by atoms with Crippen LogP contribution >= 0.6 is 11.8 Å². The van der Waals surface area contributed by atoms with Crippen molar-refractivity contribution in [2.75, 3.05) is 13.1 Å². The quantitative estimate of drug-likeness (QED) is 0.731. The van der Waals surface area contributed by atoms with Gasteiger partial charge in [-0.05, 0) is 18.7 Å². The summed E-state index contributed by atoms with van der Waals surface area (Å²) in [4.78, 5) is 4.26. The summed E-state index contributed by atoms with van der Waals surface area (Å²) in [7, 11) is 0. The van der Waals surface area contributed by atoms with Gasteiger partial charge in [0.25, 0.3) is 0 Å². The number of hydrogen-bond acceptors (Lipinski definition) is 3. The van der Waals surface area contributed by atoms with Crippen molar-refractivity contribution in [2.24, 2.45) is 0 Å². The van der Waals surface area contributed by atoms with Crippen molar-refractivity contribution in [3.63, 3.8) is 0 Å². The van der Waals surface area contributed by atoms with E-state index in [1.807, 2.05) is 36.2 Å². The molecule has 3 heteroatoms. The van der Waals surface area contributed by atoms with Gasteiger partial charge < -0.3 is 5.32 Å². The lowest BCUT2D eigenvalue weighted by molar-refractivity contribution is 0.712. The summed E-state index contributed by atoms with van der Waals surface area (Å²) in [5.74, 6) is 0. The van der Waals surface area contributed by atoms with E-state index in [2.05, 4.69) is 24.1 Å². The van der Waals surface area contributed by atoms with E-state index in [-0.39, 0.29) is 0 Å². The summed E-state index contributed by atoms with van der Waals surface area (Å²) in [6.45, 7) is 6.41. The molecule has 13 heavy (non-hydrogen) atoms. The summed E-state index contributed by atoms with van der Waals surface area (Å²) < 4.78 is 0. The molecular weight excluding hydrogens is 180 g/mol. The molecule has 1 N–H and O–H groups in total. The van der Waals surface area contributed by atoms with Crippen LogP contribution in [0.2, 0.25) is 0 Å². The van der Waals surface area contributed by atoms with Crippen LogP contribution in [0.3, 0.4) is 0 Å². The van der Waals surface area contributed by atoms with Crippen molar-refractivity contribution in [1.82, 2.24) is 10.3 Å². The Balaban J connectivity index is 2.32. The molecular formula is C10H16N2S. The summed E-state index contributed by atoms with van der Waals surface area (Å²) in [6.07, 6.45) is 1.84. The van der Waals surface area contributed by atoms with Crippen LogP contribution in [-0.2, 0) is 0 Å². The van der Waals surface area contributed by atoms with Crippen molar-refractivity contribution in [3.8, 4) is 0 Å². The van der Waals surface area contributed by atoms with E-state index in [1.54, 1.807) is 0 Å². The molecule has 1 atom stereocenters. The Bertz CT molecular complexity index is 226. The number of nitrogens with one attached hydrogen (secondary N) is 1. The first kappa shape index (κ1) is 10.5.